The van der Waals surface area contributed by atoms with Crippen molar-refractivity contribution in [2.75, 3.05) is 0 Å². The third kappa shape index (κ3) is 0.963. The molecule has 58 valence electrons. The summed E-state index contributed by atoms with van der Waals surface area (Å²) in [4.78, 5) is 10.5. The minimum Gasteiger partial charge on any atom is -0.478 e. The van der Waals surface area contributed by atoms with E-state index in [9.17, 15) is 4.79 Å². The van der Waals surface area contributed by atoms with Crippen molar-refractivity contribution in [1.82, 2.24) is 0 Å². The summed E-state index contributed by atoms with van der Waals surface area (Å²) in [5, 5.41) is 23.9. The molecule has 1 N–H and O–H groups in total. The highest BCUT2D eigenvalue weighted by molar-refractivity contribution is 5.81. The van der Waals surface area contributed by atoms with Crippen LogP contribution in [0.3, 0.4) is 0 Å². The van der Waals surface area contributed by atoms with Gasteiger partial charge in [-0.1, -0.05) is 6.92 Å². The van der Waals surface area contributed by atoms with Crippen LogP contribution in [0.4, 0.5) is 0 Å². The zero-order chi connectivity index (χ0) is 8.48. The Morgan fingerprint density at radius 2 is 2.36 bits per heavy atom. The summed E-state index contributed by atoms with van der Waals surface area (Å²) < 4.78 is 0. The van der Waals surface area contributed by atoms with Gasteiger partial charge in [-0.05, 0) is 6.42 Å². The minimum absolute atomic E-state index is 0.454. The summed E-state index contributed by atoms with van der Waals surface area (Å²) in [6.07, 6.45) is 0.454. The van der Waals surface area contributed by atoms with Crippen LogP contribution in [0.15, 0.2) is 10.2 Å². The van der Waals surface area contributed by atoms with E-state index < -0.39 is 17.6 Å². The monoisotopic (exact) mass is 153 g/mol. The van der Waals surface area contributed by atoms with Crippen molar-refractivity contribution < 1.29 is 9.90 Å². The Hall–Kier alpha value is -1.44. The van der Waals surface area contributed by atoms with Crippen LogP contribution in [-0.2, 0) is 4.79 Å². The molecule has 0 aromatic rings. The van der Waals surface area contributed by atoms with Crippen molar-refractivity contribution in [2.45, 2.75) is 19.0 Å². The smallest absolute Gasteiger partial charge is 0.359 e. The lowest BCUT2D eigenvalue weighted by Gasteiger charge is -2.08. The molecule has 0 saturated carbocycles. The maximum Gasteiger partial charge on any atom is 0.359 e. The van der Waals surface area contributed by atoms with Gasteiger partial charge in [0.05, 0.1) is 6.07 Å². The van der Waals surface area contributed by atoms with Gasteiger partial charge in [-0.3, -0.25) is 0 Å². The third-order valence-electron chi connectivity index (χ3n) is 1.68. The first kappa shape index (κ1) is 7.66. The Labute approximate surface area is 63.4 Å². The molecule has 0 aromatic heterocycles. The molecule has 0 amide bonds. The lowest BCUT2D eigenvalue weighted by atomic mass is 9.95. The molecule has 0 fully saturated rings. The van der Waals surface area contributed by atoms with Crippen LogP contribution in [-0.4, -0.2) is 16.7 Å². The van der Waals surface area contributed by atoms with Gasteiger partial charge in [0.15, 0.2) is 0 Å². The Bertz CT molecular complexity index is 247. The van der Waals surface area contributed by atoms with Crippen molar-refractivity contribution >= 4 is 5.97 Å². The van der Waals surface area contributed by atoms with Crippen molar-refractivity contribution in [3.05, 3.63) is 0 Å². The van der Waals surface area contributed by atoms with Gasteiger partial charge >= 0.3 is 11.6 Å². The SMILES string of the molecule is CCC(C#N)C1(C(=O)O)N=N1. The average molecular weight is 153 g/mol. The highest BCUT2D eigenvalue weighted by Gasteiger charge is 2.55. The van der Waals surface area contributed by atoms with Crippen LogP contribution in [0.5, 0.6) is 0 Å². The number of hydrogen-bond donors (Lipinski definition) is 1. The van der Waals surface area contributed by atoms with Gasteiger partial charge in [0.25, 0.3) is 0 Å². The van der Waals surface area contributed by atoms with E-state index >= 15 is 0 Å². The second-order valence-corrected chi connectivity index (χ2v) is 2.32. The summed E-state index contributed by atoms with van der Waals surface area (Å²) in [5.74, 6) is -1.76. The van der Waals surface area contributed by atoms with Crippen LogP contribution in [0, 0.1) is 17.2 Å². The molecule has 1 heterocycles. The van der Waals surface area contributed by atoms with Crippen molar-refractivity contribution in [3.63, 3.8) is 0 Å². The van der Waals surface area contributed by atoms with Gasteiger partial charge < -0.3 is 5.11 Å². The molecule has 1 unspecified atom stereocenters. The molecular weight excluding hydrogens is 146 g/mol. The first-order valence-corrected chi connectivity index (χ1v) is 3.24. The van der Waals surface area contributed by atoms with Gasteiger partial charge in [0, 0.05) is 0 Å². The Morgan fingerprint density at radius 3 is 2.45 bits per heavy atom. The van der Waals surface area contributed by atoms with Gasteiger partial charge in [-0.25, -0.2) is 4.79 Å². The molecule has 0 radical (unpaired) electrons. The zero-order valence-corrected chi connectivity index (χ0v) is 5.98. The highest BCUT2D eigenvalue weighted by atomic mass is 16.4. The summed E-state index contributed by atoms with van der Waals surface area (Å²) in [6.45, 7) is 1.74. The molecule has 0 aliphatic carbocycles. The standard InChI is InChI=1S/C6H7N3O2/c1-2-4(3-7)6(5(10)11)8-9-6/h4H,2H2,1H3,(H,10,11). The van der Waals surface area contributed by atoms with E-state index in [2.05, 4.69) is 10.2 Å². The molecule has 5 heteroatoms. The first-order chi connectivity index (χ1) is 5.17. The molecule has 5 nitrogen and oxygen atoms in total. The van der Waals surface area contributed by atoms with Gasteiger partial charge in [-0.15, -0.1) is 10.2 Å². The zero-order valence-electron chi connectivity index (χ0n) is 5.98. The molecular formula is C6H7N3O2. The first-order valence-electron chi connectivity index (χ1n) is 3.24. The number of carbonyl (C=O) groups is 1. The molecule has 0 aromatic carbocycles. The van der Waals surface area contributed by atoms with E-state index in [0.717, 1.165) is 0 Å². The number of carboxylic acids is 1. The second-order valence-electron chi connectivity index (χ2n) is 2.32. The van der Waals surface area contributed by atoms with Crippen LogP contribution < -0.4 is 0 Å². The average Bonchev–Trinajstić information content (AvgIpc) is 2.71. The fraction of sp³-hybridized carbons (Fsp3) is 0.667. The fourth-order valence-corrected chi connectivity index (χ4v) is 0.894. The van der Waals surface area contributed by atoms with Gasteiger partial charge in [0.1, 0.15) is 5.92 Å². The number of nitriles is 1. The lowest BCUT2D eigenvalue weighted by molar-refractivity contribution is -0.141. The van der Waals surface area contributed by atoms with E-state index in [0.29, 0.717) is 6.42 Å². The molecule has 1 atom stereocenters. The largest absolute Gasteiger partial charge is 0.478 e. The predicted molar refractivity (Wildman–Crippen MR) is 34.6 cm³/mol. The second kappa shape index (κ2) is 2.31. The Morgan fingerprint density at radius 1 is 1.82 bits per heavy atom. The molecule has 1 aliphatic heterocycles. The summed E-state index contributed by atoms with van der Waals surface area (Å²) >= 11 is 0. The minimum atomic E-state index is -1.43. The van der Waals surface area contributed by atoms with E-state index in [-0.39, 0.29) is 0 Å². The fourth-order valence-electron chi connectivity index (χ4n) is 0.894. The molecule has 1 aliphatic rings. The number of carboxylic acid groups (broad SMARTS) is 1. The van der Waals surface area contributed by atoms with E-state index in [1.54, 1.807) is 6.92 Å². The van der Waals surface area contributed by atoms with Crippen LogP contribution in [0.1, 0.15) is 13.3 Å². The van der Waals surface area contributed by atoms with Crippen LogP contribution in [0.2, 0.25) is 0 Å². The van der Waals surface area contributed by atoms with E-state index in [1.807, 2.05) is 6.07 Å². The molecule has 11 heavy (non-hydrogen) atoms. The quantitative estimate of drug-likeness (QED) is 0.650. The van der Waals surface area contributed by atoms with E-state index in [4.69, 9.17) is 10.4 Å². The summed E-state index contributed by atoms with van der Waals surface area (Å²) in [5.41, 5.74) is -1.43. The third-order valence-corrected chi connectivity index (χ3v) is 1.68. The molecule has 1 rings (SSSR count). The number of aliphatic carboxylic acids is 1. The lowest BCUT2D eigenvalue weighted by Crippen LogP contribution is -2.32. The van der Waals surface area contributed by atoms with Crippen LogP contribution >= 0.6 is 0 Å². The van der Waals surface area contributed by atoms with Crippen molar-refractivity contribution in [1.29, 1.82) is 5.26 Å². The van der Waals surface area contributed by atoms with Crippen molar-refractivity contribution in [2.24, 2.45) is 16.1 Å². The summed E-state index contributed by atoms with van der Waals surface area (Å²) in [7, 11) is 0. The highest BCUT2D eigenvalue weighted by Crippen LogP contribution is 2.37. The normalized spacial score (nSPS) is 20.4. The Balaban J connectivity index is 2.74. The van der Waals surface area contributed by atoms with E-state index in [1.165, 1.54) is 0 Å². The number of hydrogen-bond acceptors (Lipinski definition) is 4. The van der Waals surface area contributed by atoms with Crippen molar-refractivity contribution in [3.8, 4) is 6.07 Å². The number of nitrogens with zero attached hydrogens (tertiary/aromatic N) is 3. The summed E-state index contributed by atoms with van der Waals surface area (Å²) in [6, 6.07) is 1.87. The molecule has 0 spiro atoms. The topological polar surface area (TPSA) is 85.8 Å². The van der Waals surface area contributed by atoms with Crippen LogP contribution in [0.25, 0.3) is 0 Å². The van der Waals surface area contributed by atoms with Gasteiger partial charge in [-0.2, -0.15) is 5.26 Å². The maximum atomic E-state index is 10.5. The maximum absolute atomic E-state index is 10.5. The Kier molecular flexibility index (Phi) is 1.61. The number of rotatable bonds is 3. The molecule has 0 bridgehead atoms. The predicted octanol–water partition coefficient (Wildman–Crippen LogP) is 0.783. The molecule has 0 saturated heterocycles. The van der Waals surface area contributed by atoms with Gasteiger partial charge in [0.2, 0.25) is 0 Å².